The Morgan fingerprint density at radius 1 is 0.659 bits per heavy atom. The SMILES string of the molecule is OCC1=CC(O[C@@H]2O[C@H](CO)[C@H](O)[C@H](O[C@@H]3OC[C@@H](O)[C@H](O)[C@H]3O)[C@H]2O)C2C=COC(O[C@@H]3O[C@H](CO)[C@@H](O)[C@H](O)[C@H]3O)C12. The first-order valence-electron chi connectivity index (χ1n) is 14.2. The van der Waals surface area contributed by atoms with Gasteiger partial charge in [0.2, 0.25) is 6.29 Å². The number of ether oxygens (including phenoxy) is 7. The lowest BCUT2D eigenvalue weighted by Crippen LogP contribution is -2.63. The van der Waals surface area contributed by atoms with E-state index in [1.165, 1.54) is 12.3 Å². The lowest BCUT2D eigenvalue weighted by atomic mass is 9.88. The first-order valence-corrected chi connectivity index (χ1v) is 14.2. The van der Waals surface area contributed by atoms with Crippen LogP contribution >= 0.6 is 0 Å². The molecule has 0 aromatic heterocycles. The van der Waals surface area contributed by atoms with Crippen LogP contribution in [0.3, 0.4) is 0 Å². The van der Waals surface area contributed by atoms with E-state index in [1.807, 2.05) is 0 Å². The molecule has 1 aliphatic carbocycles. The third kappa shape index (κ3) is 6.42. The Labute approximate surface area is 250 Å². The Morgan fingerprint density at radius 2 is 1.30 bits per heavy atom. The second-order valence-electron chi connectivity index (χ2n) is 11.3. The quantitative estimate of drug-likeness (QED) is 0.104. The van der Waals surface area contributed by atoms with Crippen molar-refractivity contribution >= 4 is 0 Å². The molecule has 4 unspecified atom stereocenters. The molecule has 0 spiro atoms. The van der Waals surface area contributed by atoms with Gasteiger partial charge in [-0.3, -0.25) is 0 Å². The van der Waals surface area contributed by atoms with Crippen molar-refractivity contribution in [2.45, 2.75) is 98.4 Å². The van der Waals surface area contributed by atoms with Gasteiger partial charge in [0.25, 0.3) is 0 Å². The highest BCUT2D eigenvalue weighted by Gasteiger charge is 2.53. The molecule has 18 atom stereocenters. The second kappa shape index (κ2) is 14.2. The second-order valence-corrected chi connectivity index (χ2v) is 11.3. The number of fused-ring (bicyclic) bond motifs is 1. The van der Waals surface area contributed by atoms with Gasteiger partial charge in [-0.1, -0.05) is 6.08 Å². The van der Waals surface area contributed by atoms with Gasteiger partial charge in [-0.15, -0.1) is 0 Å². The fourth-order valence-corrected chi connectivity index (χ4v) is 6.02. The standard InChI is InChI=1S/C26H40O18/c27-4-8-3-11(9-1-2-38-23(14(8)9)44-25-20(36)18(34)16(32)12(5-28)41-25)40-26-21(37)22(17(33)13(6-29)42-26)43-24-19(35)15(31)10(30)7-39-24/h1-3,9-37H,4-7H2/t9?,10-,11?,12-,13-,14?,15+,16-,17+,18+,19-,20-,21-,22+,23?,24+,25+,26-/m1/s1. The molecule has 18 nitrogen and oxygen atoms in total. The third-order valence-electron chi connectivity index (χ3n) is 8.57. The normalized spacial score (nSPS) is 51.0. The molecular formula is C26H40O18. The monoisotopic (exact) mass is 640 g/mol. The van der Waals surface area contributed by atoms with Crippen molar-refractivity contribution in [2.75, 3.05) is 26.4 Å². The Balaban J connectivity index is 1.30. The van der Waals surface area contributed by atoms with Gasteiger partial charge in [0.05, 0.1) is 44.7 Å². The summed E-state index contributed by atoms with van der Waals surface area (Å²) in [6.07, 6.45) is -19.6. The van der Waals surface area contributed by atoms with Crippen LogP contribution in [0.15, 0.2) is 24.0 Å². The molecule has 3 saturated heterocycles. The number of hydrogen-bond acceptors (Lipinski definition) is 18. The summed E-state index contributed by atoms with van der Waals surface area (Å²) in [5.74, 6) is -1.39. The van der Waals surface area contributed by atoms with Crippen LogP contribution in [0.2, 0.25) is 0 Å². The van der Waals surface area contributed by atoms with Crippen molar-refractivity contribution in [3.63, 3.8) is 0 Å². The highest BCUT2D eigenvalue weighted by Crippen LogP contribution is 2.43. The van der Waals surface area contributed by atoms with Crippen molar-refractivity contribution in [2.24, 2.45) is 11.8 Å². The van der Waals surface area contributed by atoms with Crippen LogP contribution < -0.4 is 0 Å². The molecule has 4 aliphatic heterocycles. The van der Waals surface area contributed by atoms with Gasteiger partial charge in [-0.05, 0) is 11.6 Å². The van der Waals surface area contributed by atoms with Crippen LogP contribution in [0.25, 0.3) is 0 Å². The molecular weight excluding hydrogens is 600 g/mol. The summed E-state index contributed by atoms with van der Waals surface area (Å²) >= 11 is 0. The average molecular weight is 641 g/mol. The van der Waals surface area contributed by atoms with Crippen LogP contribution in [0.5, 0.6) is 0 Å². The molecule has 44 heavy (non-hydrogen) atoms. The van der Waals surface area contributed by atoms with Gasteiger partial charge in [0, 0.05) is 5.92 Å². The smallest absolute Gasteiger partial charge is 0.209 e. The van der Waals surface area contributed by atoms with Crippen molar-refractivity contribution in [1.29, 1.82) is 0 Å². The van der Waals surface area contributed by atoms with E-state index in [9.17, 15) is 56.2 Å². The fraction of sp³-hybridized carbons (Fsp3) is 0.846. The number of aliphatic hydroxyl groups excluding tert-OH is 11. The zero-order valence-electron chi connectivity index (χ0n) is 23.2. The van der Waals surface area contributed by atoms with E-state index in [0.29, 0.717) is 5.57 Å². The van der Waals surface area contributed by atoms with E-state index in [4.69, 9.17) is 33.2 Å². The lowest BCUT2D eigenvalue weighted by Gasteiger charge is -2.45. The third-order valence-corrected chi connectivity index (χ3v) is 8.57. The van der Waals surface area contributed by atoms with E-state index in [2.05, 4.69) is 0 Å². The number of aliphatic hydroxyl groups is 11. The van der Waals surface area contributed by atoms with Crippen LogP contribution in [0.4, 0.5) is 0 Å². The maximum atomic E-state index is 11.1. The van der Waals surface area contributed by atoms with Gasteiger partial charge < -0.3 is 89.3 Å². The molecule has 18 heteroatoms. The van der Waals surface area contributed by atoms with Crippen LogP contribution in [-0.4, -0.2) is 181 Å². The summed E-state index contributed by atoms with van der Waals surface area (Å²) in [6, 6.07) is 0. The summed E-state index contributed by atoms with van der Waals surface area (Å²) in [5.41, 5.74) is 0.363. The van der Waals surface area contributed by atoms with Crippen LogP contribution in [0, 0.1) is 11.8 Å². The van der Waals surface area contributed by atoms with Gasteiger partial charge >= 0.3 is 0 Å². The zero-order chi connectivity index (χ0) is 31.9. The van der Waals surface area contributed by atoms with E-state index < -0.39 is 137 Å². The van der Waals surface area contributed by atoms with Gasteiger partial charge in [0.1, 0.15) is 67.1 Å². The number of rotatable bonds is 9. The molecule has 0 amide bonds. The number of hydrogen-bond donors (Lipinski definition) is 11. The maximum absolute atomic E-state index is 11.1. The molecule has 0 aromatic carbocycles. The topological polar surface area (TPSA) is 287 Å². The fourth-order valence-electron chi connectivity index (χ4n) is 6.02. The lowest BCUT2D eigenvalue weighted by molar-refractivity contribution is -0.355. The molecule has 5 rings (SSSR count). The molecule has 3 fully saturated rings. The summed E-state index contributed by atoms with van der Waals surface area (Å²) in [5, 5.41) is 112. The predicted molar refractivity (Wildman–Crippen MR) is 136 cm³/mol. The highest BCUT2D eigenvalue weighted by molar-refractivity contribution is 5.26. The molecule has 11 N–H and O–H groups in total. The van der Waals surface area contributed by atoms with Gasteiger partial charge in [-0.2, -0.15) is 0 Å². The Hall–Kier alpha value is -1.40. The van der Waals surface area contributed by atoms with Gasteiger partial charge in [-0.25, -0.2) is 0 Å². The molecule has 5 aliphatic rings. The highest BCUT2D eigenvalue weighted by atomic mass is 16.8. The first kappa shape index (κ1) is 33.9. The van der Waals surface area contributed by atoms with Crippen molar-refractivity contribution in [3.05, 3.63) is 24.0 Å². The zero-order valence-corrected chi connectivity index (χ0v) is 23.2. The van der Waals surface area contributed by atoms with Crippen molar-refractivity contribution < 1.29 is 89.3 Å². The molecule has 0 saturated carbocycles. The largest absolute Gasteiger partial charge is 0.472 e. The van der Waals surface area contributed by atoms with Crippen LogP contribution in [0.1, 0.15) is 0 Å². The summed E-state index contributed by atoms with van der Waals surface area (Å²) in [4.78, 5) is 0. The minimum absolute atomic E-state index is 0.363. The molecule has 0 aromatic rings. The summed E-state index contributed by atoms with van der Waals surface area (Å²) in [6.45, 7) is -2.29. The van der Waals surface area contributed by atoms with Crippen LogP contribution in [-0.2, 0) is 33.2 Å². The minimum Gasteiger partial charge on any atom is -0.472 e. The Bertz CT molecular complexity index is 1010. The van der Waals surface area contributed by atoms with E-state index in [1.54, 1.807) is 6.08 Å². The van der Waals surface area contributed by atoms with E-state index >= 15 is 0 Å². The molecule has 0 bridgehead atoms. The Kier molecular flexibility index (Phi) is 10.9. The van der Waals surface area contributed by atoms with Crippen molar-refractivity contribution in [1.82, 2.24) is 0 Å². The van der Waals surface area contributed by atoms with E-state index in [0.717, 1.165) is 0 Å². The average Bonchev–Trinajstić information content (AvgIpc) is 3.38. The molecule has 0 radical (unpaired) electrons. The van der Waals surface area contributed by atoms with Crippen molar-refractivity contribution in [3.8, 4) is 0 Å². The summed E-state index contributed by atoms with van der Waals surface area (Å²) < 4.78 is 39.3. The molecule has 4 heterocycles. The Morgan fingerprint density at radius 3 is 1.95 bits per heavy atom. The van der Waals surface area contributed by atoms with Gasteiger partial charge in [0.15, 0.2) is 18.9 Å². The van der Waals surface area contributed by atoms with E-state index in [-0.39, 0.29) is 0 Å². The summed E-state index contributed by atoms with van der Waals surface area (Å²) in [7, 11) is 0. The maximum Gasteiger partial charge on any atom is 0.209 e. The predicted octanol–water partition coefficient (Wildman–Crippen LogP) is -6.51. The molecule has 252 valence electrons. The first-order chi connectivity index (χ1) is 21.0. The minimum atomic E-state index is -1.73.